The fourth-order valence-corrected chi connectivity index (χ4v) is 11.2. The van der Waals surface area contributed by atoms with E-state index in [2.05, 4.69) is 205 Å². The van der Waals surface area contributed by atoms with Gasteiger partial charge in [0, 0.05) is 37.2 Å². The summed E-state index contributed by atoms with van der Waals surface area (Å²) in [5, 5.41) is 2.61. The van der Waals surface area contributed by atoms with E-state index in [0.717, 1.165) is 29.9 Å². The zero-order chi connectivity index (χ0) is 37.5. The van der Waals surface area contributed by atoms with Crippen LogP contribution in [-0.2, 0) is 5.41 Å². The standard InChI is InChI=1S/C55H37NS/c1-2-12-36(13-3-1)37-22-24-38(25-23-37)39-26-28-40(29-27-39)56(41-31-33-54-48(34-41)47-17-7-11-21-53(47)57-54)42-30-32-46-45-16-6-10-20-51(45)55(52(46)35-42)49-18-8-4-14-43(49)44-15-5-9-19-50(44)55/h1-9,11-19,21-35H,10,20H2. The molecular weight excluding hydrogens is 707 g/mol. The Bertz CT molecular complexity index is 3060. The van der Waals surface area contributed by atoms with Crippen molar-refractivity contribution in [2.75, 3.05) is 4.90 Å². The van der Waals surface area contributed by atoms with Crippen LogP contribution in [0.3, 0.4) is 0 Å². The Morgan fingerprint density at radius 2 is 0.982 bits per heavy atom. The number of thiophene rings is 1. The molecule has 0 aliphatic heterocycles. The van der Waals surface area contributed by atoms with E-state index in [9.17, 15) is 0 Å². The molecule has 0 N–H and O–H groups in total. The van der Waals surface area contributed by atoms with Gasteiger partial charge in [0.1, 0.15) is 0 Å². The summed E-state index contributed by atoms with van der Waals surface area (Å²) in [6.07, 6.45) is 6.88. The smallest absolute Gasteiger partial charge is 0.0689 e. The number of nitrogens with zero attached hydrogens (tertiary/aromatic N) is 1. The molecule has 0 fully saturated rings. The minimum Gasteiger partial charge on any atom is -0.310 e. The normalized spacial score (nSPS) is 14.5. The lowest BCUT2D eigenvalue weighted by Crippen LogP contribution is -2.28. The summed E-state index contributed by atoms with van der Waals surface area (Å²) in [7, 11) is 0. The molecule has 0 amide bonds. The van der Waals surface area contributed by atoms with Crippen molar-refractivity contribution in [2.24, 2.45) is 0 Å². The maximum absolute atomic E-state index is 2.52. The van der Waals surface area contributed by atoms with E-state index in [4.69, 9.17) is 0 Å². The SMILES string of the molecule is C1=CC2=C(CC1)C1(c3cc(N(c4ccc(-c5ccc(-c6ccccc6)cc5)cc4)c4ccc5sc6ccccc6c5c4)ccc32)c2ccccc2-c2ccccc21. The predicted octanol–water partition coefficient (Wildman–Crippen LogP) is 15.3. The average Bonchev–Trinajstić information content (AvgIpc) is 3.91. The molecule has 1 nitrogen and oxygen atoms in total. The van der Waals surface area contributed by atoms with Crippen LogP contribution in [0.1, 0.15) is 35.1 Å². The van der Waals surface area contributed by atoms with Gasteiger partial charge < -0.3 is 4.90 Å². The van der Waals surface area contributed by atoms with Gasteiger partial charge in [-0.25, -0.2) is 0 Å². The van der Waals surface area contributed by atoms with Crippen molar-refractivity contribution in [3.05, 3.63) is 228 Å². The van der Waals surface area contributed by atoms with Crippen molar-refractivity contribution in [3.8, 4) is 33.4 Å². The molecule has 268 valence electrons. The van der Waals surface area contributed by atoms with Crippen molar-refractivity contribution < 1.29 is 0 Å². The number of hydrogen-bond acceptors (Lipinski definition) is 2. The van der Waals surface area contributed by atoms with Crippen LogP contribution in [0.2, 0.25) is 0 Å². The van der Waals surface area contributed by atoms with Crippen LogP contribution in [0.4, 0.5) is 17.1 Å². The van der Waals surface area contributed by atoms with Crippen LogP contribution >= 0.6 is 11.3 Å². The van der Waals surface area contributed by atoms with Crippen molar-refractivity contribution in [3.63, 3.8) is 0 Å². The molecule has 12 rings (SSSR count). The van der Waals surface area contributed by atoms with Gasteiger partial charge in [-0.1, -0.05) is 152 Å². The van der Waals surface area contributed by atoms with Gasteiger partial charge in [0.15, 0.2) is 0 Å². The molecule has 0 bridgehead atoms. The second kappa shape index (κ2) is 12.6. The fourth-order valence-electron chi connectivity index (χ4n) is 10.1. The first-order valence-electron chi connectivity index (χ1n) is 20.0. The van der Waals surface area contributed by atoms with Gasteiger partial charge in [-0.3, -0.25) is 0 Å². The number of anilines is 3. The summed E-state index contributed by atoms with van der Waals surface area (Å²) in [5.41, 5.74) is 19.2. The van der Waals surface area contributed by atoms with Gasteiger partial charge in [-0.05, 0) is 128 Å². The average molecular weight is 744 g/mol. The van der Waals surface area contributed by atoms with Crippen LogP contribution in [-0.4, -0.2) is 0 Å². The second-order valence-corrected chi connectivity index (χ2v) is 16.6. The van der Waals surface area contributed by atoms with Crippen molar-refractivity contribution in [1.29, 1.82) is 0 Å². The highest BCUT2D eigenvalue weighted by atomic mass is 32.1. The van der Waals surface area contributed by atoms with E-state index >= 15 is 0 Å². The lowest BCUT2D eigenvalue weighted by molar-refractivity contribution is 0.714. The zero-order valence-corrected chi connectivity index (χ0v) is 32.1. The minimum atomic E-state index is -0.326. The number of rotatable bonds is 5. The topological polar surface area (TPSA) is 3.24 Å². The Balaban J connectivity index is 1.04. The highest BCUT2D eigenvalue weighted by Gasteiger charge is 2.52. The maximum Gasteiger partial charge on any atom is 0.0689 e. The Morgan fingerprint density at radius 3 is 1.72 bits per heavy atom. The summed E-state index contributed by atoms with van der Waals surface area (Å²) in [6, 6.07) is 70.1. The summed E-state index contributed by atoms with van der Waals surface area (Å²) < 4.78 is 2.63. The molecule has 0 unspecified atom stereocenters. The first-order chi connectivity index (χ1) is 28.3. The number of hydrogen-bond donors (Lipinski definition) is 0. The van der Waals surface area contributed by atoms with Crippen LogP contribution in [0, 0.1) is 0 Å². The molecule has 57 heavy (non-hydrogen) atoms. The largest absolute Gasteiger partial charge is 0.310 e. The minimum absolute atomic E-state index is 0.326. The van der Waals surface area contributed by atoms with E-state index in [1.807, 2.05) is 11.3 Å². The first-order valence-corrected chi connectivity index (χ1v) is 20.8. The molecule has 0 saturated heterocycles. The molecule has 0 atom stereocenters. The Kier molecular flexibility index (Phi) is 7.21. The van der Waals surface area contributed by atoms with E-state index in [1.165, 1.54) is 87.0 Å². The van der Waals surface area contributed by atoms with Gasteiger partial charge in [-0.15, -0.1) is 11.3 Å². The quantitative estimate of drug-likeness (QED) is 0.170. The van der Waals surface area contributed by atoms with E-state index < -0.39 is 0 Å². The Morgan fingerprint density at radius 1 is 0.421 bits per heavy atom. The van der Waals surface area contributed by atoms with Crippen molar-refractivity contribution in [2.45, 2.75) is 18.3 Å². The Labute approximate surface area is 337 Å². The lowest BCUT2D eigenvalue weighted by atomic mass is 9.68. The molecule has 0 radical (unpaired) electrons. The number of fused-ring (bicyclic) bond motifs is 12. The van der Waals surface area contributed by atoms with Crippen molar-refractivity contribution >= 4 is 54.1 Å². The number of allylic oxidation sites excluding steroid dienone is 4. The number of benzene rings is 8. The van der Waals surface area contributed by atoms with Gasteiger partial charge in [0.05, 0.1) is 5.41 Å². The monoisotopic (exact) mass is 743 g/mol. The van der Waals surface area contributed by atoms with Gasteiger partial charge in [0.25, 0.3) is 0 Å². The van der Waals surface area contributed by atoms with Gasteiger partial charge in [0.2, 0.25) is 0 Å². The summed E-state index contributed by atoms with van der Waals surface area (Å²) in [6.45, 7) is 0. The second-order valence-electron chi connectivity index (χ2n) is 15.5. The molecular formula is C55H37NS. The van der Waals surface area contributed by atoms with Crippen LogP contribution in [0.25, 0.3) is 59.1 Å². The maximum atomic E-state index is 2.52. The molecule has 9 aromatic rings. The summed E-state index contributed by atoms with van der Waals surface area (Å²) in [5.74, 6) is 0. The molecule has 1 heterocycles. The molecule has 3 aliphatic carbocycles. The van der Waals surface area contributed by atoms with Crippen LogP contribution < -0.4 is 4.90 Å². The van der Waals surface area contributed by atoms with Gasteiger partial charge >= 0.3 is 0 Å². The predicted molar refractivity (Wildman–Crippen MR) is 242 cm³/mol. The molecule has 3 aliphatic rings. The lowest BCUT2D eigenvalue weighted by Gasteiger charge is -2.34. The van der Waals surface area contributed by atoms with Crippen molar-refractivity contribution in [1.82, 2.24) is 0 Å². The first kappa shape index (κ1) is 32.5. The molecule has 2 heteroatoms. The summed E-state index contributed by atoms with van der Waals surface area (Å²) in [4.78, 5) is 2.47. The highest BCUT2D eigenvalue weighted by Crippen LogP contribution is 2.64. The summed E-state index contributed by atoms with van der Waals surface area (Å²) >= 11 is 1.87. The third-order valence-electron chi connectivity index (χ3n) is 12.6. The van der Waals surface area contributed by atoms with Crippen LogP contribution in [0.15, 0.2) is 206 Å². The zero-order valence-electron chi connectivity index (χ0n) is 31.3. The third-order valence-corrected chi connectivity index (χ3v) is 13.8. The Hall–Kier alpha value is -6.74. The highest BCUT2D eigenvalue weighted by molar-refractivity contribution is 7.25. The van der Waals surface area contributed by atoms with Gasteiger partial charge in [-0.2, -0.15) is 0 Å². The van der Waals surface area contributed by atoms with Crippen LogP contribution in [0.5, 0.6) is 0 Å². The molecule has 8 aromatic carbocycles. The fraction of sp³-hybridized carbons (Fsp3) is 0.0545. The van der Waals surface area contributed by atoms with E-state index in [-0.39, 0.29) is 5.41 Å². The third kappa shape index (κ3) is 4.81. The molecule has 0 saturated carbocycles. The van der Waals surface area contributed by atoms with E-state index in [0.29, 0.717) is 0 Å². The molecule has 1 aromatic heterocycles. The molecule has 1 spiro atoms. The van der Waals surface area contributed by atoms with E-state index in [1.54, 1.807) is 0 Å².